The molecule has 1 aromatic heterocycles. The van der Waals surface area contributed by atoms with Crippen molar-refractivity contribution in [3.05, 3.63) is 46.8 Å². The molecule has 1 aliphatic rings. The summed E-state index contributed by atoms with van der Waals surface area (Å²) in [5.41, 5.74) is 2.41. The van der Waals surface area contributed by atoms with Gasteiger partial charge in [0.1, 0.15) is 18.1 Å². The van der Waals surface area contributed by atoms with Crippen molar-refractivity contribution in [3.63, 3.8) is 0 Å². The Hall–Kier alpha value is -3.36. The smallest absolute Gasteiger partial charge is 0.324 e. The lowest BCUT2D eigenvalue weighted by Crippen LogP contribution is -2.42. The topological polar surface area (TPSA) is 111 Å². The molecule has 9 nitrogen and oxygen atoms in total. The lowest BCUT2D eigenvalue weighted by atomic mass is 10.1. The summed E-state index contributed by atoms with van der Waals surface area (Å²) < 4.78 is 16.0. The van der Waals surface area contributed by atoms with E-state index in [0.717, 1.165) is 27.5 Å². The number of ether oxygens (including phenoxy) is 2. The maximum absolute atomic E-state index is 12.2. The SMILES string of the molecule is Cc1noc(C)c1COc1ccc(CC(=O)O[C@@H](C)C(=O)N2CCNC2=O)cc1. The van der Waals surface area contributed by atoms with Crippen molar-refractivity contribution in [1.29, 1.82) is 0 Å². The number of benzene rings is 1. The molecule has 1 N–H and O–H groups in total. The first-order chi connectivity index (χ1) is 13.8. The van der Waals surface area contributed by atoms with Gasteiger partial charge in [0.05, 0.1) is 17.7 Å². The number of carbonyl (C=O) groups is 3. The lowest BCUT2D eigenvalue weighted by molar-refractivity contribution is -0.156. The minimum absolute atomic E-state index is 0.00790. The molecule has 2 aromatic rings. The molecular weight excluding hydrogens is 378 g/mol. The maximum Gasteiger partial charge on any atom is 0.324 e. The Morgan fingerprint density at radius 1 is 1.28 bits per heavy atom. The van der Waals surface area contributed by atoms with Crippen LogP contribution in [0.2, 0.25) is 0 Å². The molecule has 0 spiro atoms. The van der Waals surface area contributed by atoms with Crippen molar-refractivity contribution in [3.8, 4) is 5.75 Å². The van der Waals surface area contributed by atoms with Crippen LogP contribution in [0.4, 0.5) is 4.79 Å². The van der Waals surface area contributed by atoms with Crippen LogP contribution >= 0.6 is 0 Å². The third kappa shape index (κ3) is 4.92. The fourth-order valence-electron chi connectivity index (χ4n) is 2.92. The van der Waals surface area contributed by atoms with E-state index in [9.17, 15) is 14.4 Å². The normalized spacial score (nSPS) is 14.4. The van der Waals surface area contributed by atoms with E-state index in [1.54, 1.807) is 24.3 Å². The van der Waals surface area contributed by atoms with Crippen molar-refractivity contribution in [2.45, 2.75) is 39.9 Å². The number of carbonyl (C=O) groups excluding carboxylic acids is 3. The Kier molecular flexibility index (Phi) is 6.16. The second kappa shape index (κ2) is 8.76. The summed E-state index contributed by atoms with van der Waals surface area (Å²) in [6.45, 7) is 6.15. The standard InChI is InChI=1S/C20H23N3O6/c1-12-17(13(2)29-22-12)11-27-16-6-4-15(5-7-16)10-18(24)28-14(3)19(25)23-9-8-21-20(23)26/h4-7,14H,8-11H2,1-3H3,(H,21,26)/t14-/m0/s1. The van der Waals surface area contributed by atoms with Crippen LogP contribution in [0, 0.1) is 13.8 Å². The van der Waals surface area contributed by atoms with Gasteiger partial charge in [-0.05, 0) is 38.5 Å². The zero-order chi connectivity index (χ0) is 21.0. The Morgan fingerprint density at radius 2 is 2.00 bits per heavy atom. The van der Waals surface area contributed by atoms with Crippen molar-refractivity contribution in [1.82, 2.24) is 15.4 Å². The number of hydrogen-bond donors (Lipinski definition) is 1. The van der Waals surface area contributed by atoms with Crippen molar-refractivity contribution < 1.29 is 28.4 Å². The molecule has 0 saturated carbocycles. The number of urea groups is 1. The van der Waals surface area contributed by atoms with Crippen LogP contribution in [0.25, 0.3) is 0 Å². The van der Waals surface area contributed by atoms with Crippen LogP contribution in [0.1, 0.15) is 29.5 Å². The molecule has 1 aliphatic heterocycles. The number of hydrogen-bond acceptors (Lipinski definition) is 7. The van der Waals surface area contributed by atoms with Gasteiger partial charge in [0.2, 0.25) is 0 Å². The highest BCUT2D eigenvalue weighted by molar-refractivity contribution is 5.98. The van der Waals surface area contributed by atoms with Gasteiger partial charge in [0.25, 0.3) is 5.91 Å². The molecule has 1 aromatic carbocycles. The minimum Gasteiger partial charge on any atom is -0.489 e. The number of amides is 3. The Morgan fingerprint density at radius 3 is 2.59 bits per heavy atom. The Labute approximate surface area is 167 Å². The van der Waals surface area contributed by atoms with E-state index >= 15 is 0 Å². The largest absolute Gasteiger partial charge is 0.489 e. The number of aromatic nitrogens is 1. The summed E-state index contributed by atoms with van der Waals surface area (Å²) in [5.74, 6) is 0.286. The number of nitrogens with zero attached hydrogens (tertiary/aromatic N) is 2. The van der Waals surface area contributed by atoms with E-state index in [1.807, 2.05) is 13.8 Å². The summed E-state index contributed by atoms with van der Waals surface area (Å²) in [7, 11) is 0. The van der Waals surface area contributed by atoms with Gasteiger partial charge in [0.15, 0.2) is 6.10 Å². The van der Waals surface area contributed by atoms with Crippen LogP contribution in [-0.4, -0.2) is 47.2 Å². The fourth-order valence-corrected chi connectivity index (χ4v) is 2.92. The molecule has 154 valence electrons. The molecule has 0 aliphatic carbocycles. The number of rotatable bonds is 7. The highest BCUT2D eigenvalue weighted by Gasteiger charge is 2.31. The summed E-state index contributed by atoms with van der Waals surface area (Å²) in [4.78, 5) is 36.9. The van der Waals surface area contributed by atoms with Gasteiger partial charge in [-0.25, -0.2) is 4.79 Å². The Balaban J connectivity index is 1.49. The van der Waals surface area contributed by atoms with E-state index in [2.05, 4.69) is 10.5 Å². The van der Waals surface area contributed by atoms with Crippen molar-refractivity contribution in [2.75, 3.05) is 13.1 Å². The van der Waals surface area contributed by atoms with E-state index in [-0.39, 0.29) is 13.0 Å². The summed E-state index contributed by atoms with van der Waals surface area (Å²) >= 11 is 0. The van der Waals surface area contributed by atoms with Gasteiger partial charge >= 0.3 is 12.0 Å². The van der Waals surface area contributed by atoms with Gasteiger partial charge in [-0.3, -0.25) is 14.5 Å². The van der Waals surface area contributed by atoms with E-state index in [0.29, 0.717) is 18.9 Å². The van der Waals surface area contributed by atoms with Crippen molar-refractivity contribution in [2.24, 2.45) is 0 Å². The summed E-state index contributed by atoms with van der Waals surface area (Å²) in [6, 6.07) is 6.55. The number of nitrogens with one attached hydrogen (secondary N) is 1. The van der Waals surface area contributed by atoms with Crippen LogP contribution in [-0.2, 0) is 27.4 Å². The summed E-state index contributed by atoms with van der Waals surface area (Å²) in [5, 5.41) is 6.42. The first kappa shape index (κ1) is 20.4. The average Bonchev–Trinajstić information content (AvgIpc) is 3.26. The average molecular weight is 401 g/mol. The number of imide groups is 1. The first-order valence-electron chi connectivity index (χ1n) is 9.27. The minimum atomic E-state index is -1.02. The molecule has 0 bridgehead atoms. The molecule has 0 radical (unpaired) electrons. The molecule has 3 rings (SSSR count). The highest BCUT2D eigenvalue weighted by Crippen LogP contribution is 2.18. The molecular formula is C20H23N3O6. The quantitative estimate of drug-likeness (QED) is 0.705. The van der Waals surface area contributed by atoms with Crippen molar-refractivity contribution >= 4 is 17.9 Å². The van der Waals surface area contributed by atoms with E-state index in [4.69, 9.17) is 14.0 Å². The van der Waals surface area contributed by atoms with Gasteiger partial charge in [-0.2, -0.15) is 0 Å². The summed E-state index contributed by atoms with van der Waals surface area (Å²) in [6.07, 6.45) is -1.02. The van der Waals surface area contributed by atoms with Crippen LogP contribution in [0.15, 0.2) is 28.8 Å². The Bertz CT molecular complexity index is 886. The fraction of sp³-hybridized carbons (Fsp3) is 0.400. The molecule has 1 atom stereocenters. The maximum atomic E-state index is 12.2. The van der Waals surface area contributed by atoms with Gasteiger partial charge in [0, 0.05) is 13.1 Å². The van der Waals surface area contributed by atoms with E-state index < -0.39 is 24.0 Å². The third-order valence-corrected chi connectivity index (χ3v) is 4.62. The first-order valence-corrected chi connectivity index (χ1v) is 9.27. The predicted molar refractivity (Wildman–Crippen MR) is 101 cm³/mol. The highest BCUT2D eigenvalue weighted by atomic mass is 16.5. The second-order valence-corrected chi connectivity index (χ2v) is 6.77. The predicted octanol–water partition coefficient (Wildman–Crippen LogP) is 1.90. The van der Waals surface area contributed by atoms with Gasteiger partial charge < -0.3 is 19.3 Å². The van der Waals surface area contributed by atoms with Gasteiger partial charge in [-0.15, -0.1) is 0 Å². The molecule has 29 heavy (non-hydrogen) atoms. The van der Waals surface area contributed by atoms with E-state index in [1.165, 1.54) is 6.92 Å². The molecule has 2 heterocycles. The van der Waals surface area contributed by atoms with Crippen LogP contribution < -0.4 is 10.1 Å². The number of aryl methyl sites for hydroxylation is 2. The third-order valence-electron chi connectivity index (χ3n) is 4.62. The molecule has 0 unspecified atom stereocenters. The zero-order valence-corrected chi connectivity index (χ0v) is 16.6. The number of esters is 1. The molecule has 1 fully saturated rings. The molecule has 9 heteroatoms. The lowest BCUT2D eigenvalue weighted by Gasteiger charge is -2.18. The van der Waals surface area contributed by atoms with Crippen LogP contribution in [0.5, 0.6) is 5.75 Å². The zero-order valence-electron chi connectivity index (χ0n) is 16.6. The second-order valence-electron chi connectivity index (χ2n) is 6.77. The monoisotopic (exact) mass is 401 g/mol. The van der Waals surface area contributed by atoms with Crippen LogP contribution in [0.3, 0.4) is 0 Å². The molecule has 1 saturated heterocycles. The molecule has 3 amide bonds. The van der Waals surface area contributed by atoms with Gasteiger partial charge in [-0.1, -0.05) is 17.3 Å².